The quantitative estimate of drug-likeness (QED) is 0.720. The molecule has 0 aliphatic carbocycles. The summed E-state index contributed by atoms with van der Waals surface area (Å²) in [5.41, 5.74) is -1.21. The molecule has 1 N–H and O–H groups in total. The van der Waals surface area contributed by atoms with Crippen molar-refractivity contribution >= 4 is 17.8 Å². The monoisotopic (exact) mass is 378 g/mol. The molecule has 3 rings (SSSR count). The minimum absolute atomic E-state index is 0.0291. The van der Waals surface area contributed by atoms with E-state index in [1.54, 1.807) is 30.4 Å². The predicted octanol–water partition coefficient (Wildman–Crippen LogP) is -0.362. The molecule has 0 aromatic carbocycles. The van der Waals surface area contributed by atoms with Crippen LogP contribution >= 0.6 is 0 Å². The van der Waals surface area contributed by atoms with Crippen molar-refractivity contribution in [3.8, 4) is 0 Å². The van der Waals surface area contributed by atoms with Gasteiger partial charge >= 0.3 is 11.7 Å². The van der Waals surface area contributed by atoms with Crippen LogP contribution in [0.4, 0.5) is 4.79 Å². The van der Waals surface area contributed by atoms with Crippen LogP contribution in [0, 0.1) is 0 Å². The number of nitrogens with one attached hydrogen (secondary N) is 1. The maximum absolute atomic E-state index is 12.8. The summed E-state index contributed by atoms with van der Waals surface area (Å²) >= 11 is 0. The fourth-order valence-corrected chi connectivity index (χ4v) is 3.74. The van der Waals surface area contributed by atoms with Crippen LogP contribution in [-0.4, -0.2) is 67.2 Å². The molecule has 10 nitrogen and oxygen atoms in total. The highest BCUT2D eigenvalue weighted by Crippen LogP contribution is 2.26. The van der Waals surface area contributed by atoms with Gasteiger partial charge in [0.2, 0.25) is 5.91 Å². The van der Waals surface area contributed by atoms with E-state index >= 15 is 0 Å². The number of hydrogen-bond donors (Lipinski definition) is 1. The first-order valence-electron chi connectivity index (χ1n) is 9.21. The van der Waals surface area contributed by atoms with Crippen molar-refractivity contribution in [2.24, 2.45) is 7.05 Å². The summed E-state index contributed by atoms with van der Waals surface area (Å²) in [5, 5.41) is 6.61. The fraction of sp³-hybridized carbons (Fsp3) is 0.706. The number of urea groups is 1. The zero-order valence-corrected chi connectivity index (χ0v) is 16.2. The van der Waals surface area contributed by atoms with E-state index in [4.69, 9.17) is 0 Å². The molecule has 2 aliphatic heterocycles. The number of likely N-dealkylation sites (tertiary alicyclic amines) is 1. The van der Waals surface area contributed by atoms with E-state index in [-0.39, 0.29) is 24.1 Å². The molecule has 1 aromatic rings. The molecule has 0 unspecified atom stereocenters. The Morgan fingerprint density at radius 1 is 1.30 bits per heavy atom. The van der Waals surface area contributed by atoms with Gasteiger partial charge in [-0.25, -0.2) is 14.3 Å². The van der Waals surface area contributed by atoms with E-state index in [2.05, 4.69) is 10.4 Å². The summed E-state index contributed by atoms with van der Waals surface area (Å²) in [5.74, 6) is 0.0479. The lowest BCUT2D eigenvalue weighted by atomic mass is 9.97. The van der Waals surface area contributed by atoms with Crippen LogP contribution in [0.1, 0.15) is 45.4 Å². The summed E-state index contributed by atoms with van der Waals surface area (Å²) in [4.78, 5) is 51.8. The van der Waals surface area contributed by atoms with Gasteiger partial charge in [0.15, 0.2) is 0 Å². The molecule has 10 heteroatoms. The van der Waals surface area contributed by atoms with E-state index in [1.165, 1.54) is 9.58 Å². The molecule has 0 bridgehead atoms. The van der Waals surface area contributed by atoms with Crippen molar-refractivity contribution in [1.82, 2.24) is 29.5 Å². The van der Waals surface area contributed by atoms with Gasteiger partial charge in [-0.15, -0.1) is 0 Å². The standard InChI is InChI=1S/C17H26N6O4/c1-5-22-13(19-20(4)16(22)27)11-7-6-8-21(9-11)12(24)10-23-15(26)18-14(25)17(23,2)3/h11H,5-10H2,1-4H3,(H,18,25,26)/t11-/m1/s1. The maximum Gasteiger partial charge on any atom is 0.345 e. The summed E-state index contributed by atoms with van der Waals surface area (Å²) in [6, 6.07) is -0.545. The van der Waals surface area contributed by atoms with Gasteiger partial charge in [0.25, 0.3) is 5.91 Å². The highest BCUT2D eigenvalue weighted by Gasteiger charge is 2.46. The average molecular weight is 378 g/mol. The number of amides is 4. The smallest absolute Gasteiger partial charge is 0.340 e. The molecular weight excluding hydrogens is 352 g/mol. The van der Waals surface area contributed by atoms with Gasteiger partial charge in [-0.3, -0.25) is 19.5 Å². The third-order valence-electron chi connectivity index (χ3n) is 5.48. The molecule has 148 valence electrons. The van der Waals surface area contributed by atoms with Crippen molar-refractivity contribution in [2.75, 3.05) is 19.6 Å². The predicted molar refractivity (Wildman–Crippen MR) is 96.0 cm³/mol. The topological polar surface area (TPSA) is 110 Å². The second-order valence-corrected chi connectivity index (χ2v) is 7.59. The Labute approximate surface area is 157 Å². The summed E-state index contributed by atoms with van der Waals surface area (Å²) < 4.78 is 2.95. The number of rotatable bonds is 4. The van der Waals surface area contributed by atoms with Crippen LogP contribution in [0.25, 0.3) is 0 Å². The van der Waals surface area contributed by atoms with Crippen LogP contribution < -0.4 is 11.0 Å². The van der Waals surface area contributed by atoms with Gasteiger partial charge in [0.1, 0.15) is 17.9 Å². The number of carbonyl (C=O) groups is 3. The van der Waals surface area contributed by atoms with Gasteiger partial charge in [0.05, 0.1) is 0 Å². The summed E-state index contributed by atoms with van der Waals surface area (Å²) in [6.07, 6.45) is 1.63. The lowest BCUT2D eigenvalue weighted by Crippen LogP contribution is -2.51. The zero-order valence-electron chi connectivity index (χ0n) is 16.2. The van der Waals surface area contributed by atoms with Gasteiger partial charge in [-0.1, -0.05) is 0 Å². The second-order valence-electron chi connectivity index (χ2n) is 7.59. The normalized spacial score (nSPS) is 22.3. The number of carbonyl (C=O) groups excluding carboxylic acids is 3. The first-order valence-corrected chi connectivity index (χ1v) is 9.21. The highest BCUT2D eigenvalue weighted by atomic mass is 16.2. The molecular formula is C17H26N6O4. The van der Waals surface area contributed by atoms with Crippen LogP contribution in [0.2, 0.25) is 0 Å². The van der Waals surface area contributed by atoms with Crippen molar-refractivity contribution in [1.29, 1.82) is 0 Å². The Hall–Kier alpha value is -2.65. The van der Waals surface area contributed by atoms with Gasteiger partial charge in [0, 0.05) is 32.6 Å². The Morgan fingerprint density at radius 3 is 2.59 bits per heavy atom. The molecule has 1 atom stereocenters. The second kappa shape index (κ2) is 6.82. The number of nitrogens with zero attached hydrogens (tertiary/aromatic N) is 5. The first-order chi connectivity index (χ1) is 12.7. The summed E-state index contributed by atoms with van der Waals surface area (Å²) in [7, 11) is 1.62. The first kappa shape index (κ1) is 19.1. The SMILES string of the molecule is CCn1c([C@@H]2CCCN(C(=O)CN3C(=O)NC(=O)C3(C)C)C2)nn(C)c1=O. The van der Waals surface area contributed by atoms with Crippen molar-refractivity contribution in [3.05, 3.63) is 16.3 Å². The molecule has 0 radical (unpaired) electrons. The zero-order chi connectivity index (χ0) is 19.9. The van der Waals surface area contributed by atoms with Gasteiger partial charge in [-0.2, -0.15) is 5.10 Å². The minimum atomic E-state index is -1.05. The van der Waals surface area contributed by atoms with E-state index in [9.17, 15) is 19.2 Å². The van der Waals surface area contributed by atoms with Crippen LogP contribution in [-0.2, 0) is 23.2 Å². The molecule has 3 heterocycles. The molecule has 27 heavy (non-hydrogen) atoms. The Kier molecular flexibility index (Phi) is 4.83. The van der Waals surface area contributed by atoms with Gasteiger partial charge < -0.3 is 9.80 Å². The van der Waals surface area contributed by atoms with E-state index in [1.807, 2.05) is 6.92 Å². The Morgan fingerprint density at radius 2 is 2.00 bits per heavy atom. The highest BCUT2D eigenvalue weighted by molar-refractivity contribution is 6.07. The number of imide groups is 1. The fourth-order valence-electron chi connectivity index (χ4n) is 3.74. The van der Waals surface area contributed by atoms with Crippen LogP contribution in [0.3, 0.4) is 0 Å². The number of hydrogen-bond acceptors (Lipinski definition) is 5. The molecule has 2 saturated heterocycles. The van der Waals surface area contributed by atoms with E-state index in [0.717, 1.165) is 12.8 Å². The number of aromatic nitrogens is 3. The Bertz CT molecular complexity index is 839. The average Bonchev–Trinajstić information content (AvgIpc) is 3.02. The van der Waals surface area contributed by atoms with E-state index < -0.39 is 17.5 Å². The molecule has 4 amide bonds. The maximum atomic E-state index is 12.8. The third kappa shape index (κ3) is 3.24. The van der Waals surface area contributed by atoms with Crippen molar-refractivity contribution < 1.29 is 14.4 Å². The number of piperidine rings is 1. The molecule has 1 aromatic heterocycles. The largest absolute Gasteiger partial charge is 0.345 e. The molecule has 2 aliphatic rings. The van der Waals surface area contributed by atoms with E-state index in [0.29, 0.717) is 25.5 Å². The molecule has 0 spiro atoms. The molecule has 2 fully saturated rings. The summed E-state index contributed by atoms with van der Waals surface area (Å²) in [6.45, 7) is 6.53. The van der Waals surface area contributed by atoms with Gasteiger partial charge in [-0.05, 0) is 33.6 Å². The van der Waals surface area contributed by atoms with Crippen molar-refractivity contribution in [2.45, 2.75) is 51.6 Å². The lowest BCUT2D eigenvalue weighted by Gasteiger charge is -2.35. The third-order valence-corrected chi connectivity index (χ3v) is 5.48. The van der Waals surface area contributed by atoms with Crippen LogP contribution in [0.5, 0.6) is 0 Å². The van der Waals surface area contributed by atoms with Crippen molar-refractivity contribution in [3.63, 3.8) is 0 Å². The number of aryl methyl sites for hydroxylation is 1. The van der Waals surface area contributed by atoms with Crippen LogP contribution in [0.15, 0.2) is 4.79 Å². The minimum Gasteiger partial charge on any atom is -0.340 e. The lowest BCUT2D eigenvalue weighted by molar-refractivity contribution is -0.134. The molecule has 0 saturated carbocycles. The Balaban J connectivity index is 1.74.